The van der Waals surface area contributed by atoms with E-state index in [0.717, 1.165) is 19.1 Å². The van der Waals surface area contributed by atoms with Gasteiger partial charge in [0.05, 0.1) is 12.2 Å². The summed E-state index contributed by atoms with van der Waals surface area (Å²) in [6.07, 6.45) is 3.17. The number of carbonyl (C=O) groups excluding carboxylic acids is 1. The van der Waals surface area contributed by atoms with Crippen LogP contribution in [0.15, 0.2) is 0 Å². The van der Waals surface area contributed by atoms with Crippen molar-refractivity contribution in [2.24, 2.45) is 5.92 Å². The van der Waals surface area contributed by atoms with E-state index in [2.05, 4.69) is 12.2 Å². The maximum atomic E-state index is 11.4. The second kappa shape index (κ2) is 4.94. The first-order chi connectivity index (χ1) is 6.95. The lowest BCUT2D eigenvalue weighted by molar-refractivity contribution is -0.128. The third kappa shape index (κ3) is 3.46. The van der Waals surface area contributed by atoms with Gasteiger partial charge >= 0.3 is 0 Å². The third-order valence-corrected chi connectivity index (χ3v) is 3.75. The van der Waals surface area contributed by atoms with Gasteiger partial charge in [0.2, 0.25) is 15.9 Å². The van der Waals surface area contributed by atoms with Gasteiger partial charge in [0, 0.05) is 19.6 Å². The highest BCUT2D eigenvalue weighted by Gasteiger charge is 2.37. The highest BCUT2D eigenvalue weighted by molar-refractivity contribution is 7.88. The molecular weight excluding hydrogens is 216 g/mol. The fourth-order valence-electron chi connectivity index (χ4n) is 1.41. The Morgan fingerprint density at radius 2 is 2.07 bits per heavy atom. The number of unbranched alkanes of at least 4 members (excludes halogenated alkanes) is 1. The minimum Gasteiger partial charge on any atom is -0.356 e. The van der Waals surface area contributed by atoms with E-state index in [1.54, 1.807) is 0 Å². The number of amides is 1. The van der Waals surface area contributed by atoms with E-state index in [4.69, 9.17) is 0 Å². The molecule has 0 bridgehead atoms. The minimum atomic E-state index is -3.10. The zero-order chi connectivity index (χ0) is 11.5. The van der Waals surface area contributed by atoms with Gasteiger partial charge in [0.25, 0.3) is 0 Å². The molecule has 0 radical (unpaired) electrons. The molecule has 1 amide bonds. The minimum absolute atomic E-state index is 0.0247. The van der Waals surface area contributed by atoms with Crippen LogP contribution >= 0.6 is 0 Å². The van der Waals surface area contributed by atoms with Gasteiger partial charge in [-0.15, -0.1) is 0 Å². The first-order valence-corrected chi connectivity index (χ1v) is 7.02. The molecule has 1 heterocycles. The summed E-state index contributed by atoms with van der Waals surface area (Å²) in [5.74, 6) is -0.181. The Balaban J connectivity index is 2.24. The molecule has 0 aromatic carbocycles. The summed E-state index contributed by atoms with van der Waals surface area (Å²) in [5, 5.41) is 2.80. The topological polar surface area (TPSA) is 66.5 Å². The Bertz CT molecular complexity index is 320. The molecule has 1 aliphatic rings. The van der Waals surface area contributed by atoms with Crippen molar-refractivity contribution in [3.8, 4) is 0 Å². The second-order valence-corrected chi connectivity index (χ2v) is 5.90. The number of carbonyl (C=O) groups is 1. The standard InChI is InChI=1S/C9H18N2O3S/c1-3-4-5-10-9(12)8-6-11(7-8)15(2,13)14/h8H,3-7H2,1-2H3,(H,10,12). The summed E-state index contributed by atoms with van der Waals surface area (Å²) < 4.78 is 23.4. The molecule has 1 saturated heterocycles. The van der Waals surface area contributed by atoms with E-state index in [0.29, 0.717) is 19.6 Å². The Morgan fingerprint density at radius 1 is 1.47 bits per heavy atom. The van der Waals surface area contributed by atoms with Crippen LogP contribution in [0.1, 0.15) is 19.8 Å². The van der Waals surface area contributed by atoms with Crippen LogP contribution in [0.2, 0.25) is 0 Å². The van der Waals surface area contributed by atoms with E-state index in [1.807, 2.05) is 0 Å². The summed E-state index contributed by atoms with van der Waals surface area (Å²) in [7, 11) is -3.10. The molecule has 0 saturated carbocycles. The molecule has 1 aliphatic heterocycles. The van der Waals surface area contributed by atoms with Gasteiger partial charge in [0.15, 0.2) is 0 Å². The second-order valence-electron chi connectivity index (χ2n) is 3.92. The van der Waals surface area contributed by atoms with E-state index in [9.17, 15) is 13.2 Å². The van der Waals surface area contributed by atoms with Crippen LogP contribution in [0.4, 0.5) is 0 Å². The summed E-state index contributed by atoms with van der Waals surface area (Å²) in [6.45, 7) is 3.40. The molecule has 5 nitrogen and oxygen atoms in total. The monoisotopic (exact) mass is 234 g/mol. The molecule has 0 aliphatic carbocycles. The molecule has 0 aromatic heterocycles. The summed E-state index contributed by atoms with van der Waals surface area (Å²) in [4.78, 5) is 11.4. The number of nitrogens with zero attached hydrogens (tertiary/aromatic N) is 1. The van der Waals surface area contributed by atoms with Gasteiger partial charge in [-0.05, 0) is 6.42 Å². The number of hydrogen-bond acceptors (Lipinski definition) is 3. The Morgan fingerprint density at radius 3 is 2.53 bits per heavy atom. The Hall–Kier alpha value is -0.620. The smallest absolute Gasteiger partial charge is 0.225 e. The zero-order valence-electron chi connectivity index (χ0n) is 9.19. The predicted molar refractivity (Wildman–Crippen MR) is 57.8 cm³/mol. The number of sulfonamides is 1. The summed E-state index contributed by atoms with van der Waals surface area (Å²) >= 11 is 0. The fourth-order valence-corrected chi connectivity index (χ4v) is 2.31. The lowest BCUT2D eigenvalue weighted by Crippen LogP contribution is -2.55. The molecule has 1 fully saturated rings. The van der Waals surface area contributed by atoms with Gasteiger partial charge in [-0.1, -0.05) is 13.3 Å². The zero-order valence-corrected chi connectivity index (χ0v) is 10.0. The molecule has 0 aromatic rings. The third-order valence-electron chi connectivity index (χ3n) is 2.52. The molecule has 15 heavy (non-hydrogen) atoms. The van der Waals surface area contributed by atoms with Crippen molar-refractivity contribution in [3.63, 3.8) is 0 Å². The van der Waals surface area contributed by atoms with Crippen LogP contribution in [0.5, 0.6) is 0 Å². The van der Waals surface area contributed by atoms with Crippen molar-refractivity contribution in [3.05, 3.63) is 0 Å². The first kappa shape index (κ1) is 12.4. The normalized spacial score (nSPS) is 18.5. The molecule has 0 unspecified atom stereocenters. The molecule has 0 atom stereocenters. The van der Waals surface area contributed by atoms with Crippen molar-refractivity contribution < 1.29 is 13.2 Å². The molecule has 0 spiro atoms. The molecule has 6 heteroatoms. The SMILES string of the molecule is CCCCNC(=O)C1CN(S(C)(=O)=O)C1. The van der Waals surface area contributed by atoms with Gasteiger partial charge < -0.3 is 5.32 Å². The van der Waals surface area contributed by atoms with Crippen LogP contribution in [-0.4, -0.2) is 44.5 Å². The molecule has 88 valence electrons. The highest BCUT2D eigenvalue weighted by atomic mass is 32.2. The maximum absolute atomic E-state index is 11.4. The number of rotatable bonds is 5. The predicted octanol–water partition coefficient (Wildman–Crippen LogP) is -0.206. The van der Waals surface area contributed by atoms with Crippen LogP contribution in [0, 0.1) is 5.92 Å². The van der Waals surface area contributed by atoms with Crippen LogP contribution < -0.4 is 5.32 Å². The van der Waals surface area contributed by atoms with Gasteiger partial charge in [-0.3, -0.25) is 4.79 Å². The average molecular weight is 234 g/mol. The molecule has 1 N–H and O–H groups in total. The number of hydrogen-bond donors (Lipinski definition) is 1. The first-order valence-electron chi connectivity index (χ1n) is 5.18. The van der Waals surface area contributed by atoms with Crippen molar-refractivity contribution in [2.75, 3.05) is 25.9 Å². The van der Waals surface area contributed by atoms with Gasteiger partial charge in [0.1, 0.15) is 0 Å². The average Bonchev–Trinajstić information content (AvgIpc) is 1.98. The van der Waals surface area contributed by atoms with Crippen molar-refractivity contribution in [2.45, 2.75) is 19.8 Å². The van der Waals surface area contributed by atoms with Crippen molar-refractivity contribution >= 4 is 15.9 Å². The lowest BCUT2D eigenvalue weighted by atomic mass is 10.0. The quantitative estimate of drug-likeness (QED) is 0.670. The number of nitrogens with one attached hydrogen (secondary N) is 1. The van der Waals surface area contributed by atoms with Crippen molar-refractivity contribution in [1.82, 2.24) is 9.62 Å². The molecular formula is C9H18N2O3S. The van der Waals surface area contributed by atoms with E-state index < -0.39 is 10.0 Å². The fraction of sp³-hybridized carbons (Fsp3) is 0.889. The van der Waals surface area contributed by atoms with Crippen LogP contribution in [-0.2, 0) is 14.8 Å². The van der Waals surface area contributed by atoms with E-state index in [1.165, 1.54) is 4.31 Å². The highest BCUT2D eigenvalue weighted by Crippen LogP contribution is 2.18. The molecule has 1 rings (SSSR count). The van der Waals surface area contributed by atoms with E-state index in [-0.39, 0.29) is 11.8 Å². The van der Waals surface area contributed by atoms with E-state index >= 15 is 0 Å². The van der Waals surface area contributed by atoms with Crippen LogP contribution in [0.25, 0.3) is 0 Å². The maximum Gasteiger partial charge on any atom is 0.225 e. The Labute approximate surface area is 90.9 Å². The van der Waals surface area contributed by atoms with Gasteiger partial charge in [-0.25, -0.2) is 12.7 Å². The van der Waals surface area contributed by atoms with Crippen LogP contribution in [0.3, 0.4) is 0 Å². The summed E-state index contributed by atoms with van der Waals surface area (Å²) in [5.41, 5.74) is 0. The summed E-state index contributed by atoms with van der Waals surface area (Å²) in [6, 6.07) is 0. The van der Waals surface area contributed by atoms with Gasteiger partial charge in [-0.2, -0.15) is 0 Å². The Kier molecular flexibility index (Phi) is 4.10. The lowest BCUT2D eigenvalue weighted by Gasteiger charge is -2.35. The largest absolute Gasteiger partial charge is 0.356 e. The van der Waals surface area contributed by atoms with Crippen molar-refractivity contribution in [1.29, 1.82) is 0 Å².